The summed E-state index contributed by atoms with van der Waals surface area (Å²) in [5.74, 6) is -1.66. The molecule has 7 heteroatoms. The molecular weight excluding hydrogens is 483 g/mol. The van der Waals surface area contributed by atoms with E-state index in [0.29, 0.717) is 0 Å². The largest absolute Gasteiger partial charge is 0.480 e. The highest BCUT2D eigenvalue weighted by Crippen LogP contribution is 2.12. The molecule has 0 heterocycles. The number of carboxylic acid groups (broad SMARTS) is 2. The number of halogens is 1. The van der Waals surface area contributed by atoms with Gasteiger partial charge in [-0.1, -0.05) is 64.1 Å². The van der Waals surface area contributed by atoms with Gasteiger partial charge in [0.25, 0.3) is 0 Å². The van der Waals surface area contributed by atoms with Crippen LogP contribution in [0.15, 0.2) is 60.7 Å². The van der Waals surface area contributed by atoms with E-state index in [1.807, 2.05) is 62.4 Å². The summed E-state index contributed by atoms with van der Waals surface area (Å²) in [6, 6.07) is 18.3. The molecule has 0 aromatic heterocycles. The van der Waals surface area contributed by atoms with Gasteiger partial charge in [0.05, 0.1) is 0 Å². The minimum atomic E-state index is -0.931. The van der Waals surface area contributed by atoms with Crippen LogP contribution in [0.3, 0.4) is 0 Å². The number of anilines is 1. The van der Waals surface area contributed by atoms with E-state index in [1.54, 1.807) is 13.8 Å². The van der Waals surface area contributed by atoms with E-state index in [9.17, 15) is 9.59 Å². The quantitative estimate of drug-likeness (QED) is 0.421. The topological polar surface area (TPSA) is 113 Å². The van der Waals surface area contributed by atoms with Gasteiger partial charge in [-0.15, -0.1) is 0 Å². The molecule has 2 aromatic rings. The Labute approximate surface area is 186 Å². The van der Waals surface area contributed by atoms with Crippen molar-refractivity contribution in [3.05, 3.63) is 64.2 Å². The van der Waals surface area contributed by atoms with Crippen LogP contribution in [0.1, 0.15) is 27.7 Å². The molecule has 2 rings (SSSR count). The number of para-hydroxylation sites is 1. The molecule has 160 valence electrons. The molecule has 0 saturated heterocycles. The Morgan fingerprint density at radius 1 is 0.828 bits per heavy atom. The van der Waals surface area contributed by atoms with Crippen LogP contribution >= 0.6 is 22.6 Å². The Balaban J connectivity index is 0.000000444. The lowest BCUT2D eigenvalue weighted by molar-refractivity contribution is -0.140. The van der Waals surface area contributed by atoms with Gasteiger partial charge in [0, 0.05) is 9.26 Å². The van der Waals surface area contributed by atoms with E-state index in [2.05, 4.69) is 40.0 Å². The van der Waals surface area contributed by atoms with Crippen molar-refractivity contribution in [1.82, 2.24) is 0 Å². The Hall–Kier alpha value is -2.13. The molecule has 2 aromatic carbocycles. The summed E-state index contributed by atoms with van der Waals surface area (Å²) in [4.78, 5) is 20.9. The number of hydrogen-bond donors (Lipinski definition) is 4. The van der Waals surface area contributed by atoms with Crippen molar-refractivity contribution in [1.29, 1.82) is 0 Å². The van der Waals surface area contributed by atoms with E-state index in [0.717, 1.165) is 5.69 Å². The highest BCUT2D eigenvalue weighted by atomic mass is 127. The van der Waals surface area contributed by atoms with Gasteiger partial charge in [-0.25, -0.2) is 4.79 Å². The van der Waals surface area contributed by atoms with E-state index in [1.165, 1.54) is 3.57 Å². The summed E-state index contributed by atoms with van der Waals surface area (Å²) < 4.78 is 1.29. The number of nitrogens with two attached hydrogens (primary N) is 1. The van der Waals surface area contributed by atoms with Gasteiger partial charge in [-0.3, -0.25) is 4.79 Å². The highest BCUT2D eigenvalue weighted by molar-refractivity contribution is 14.1. The molecule has 0 fully saturated rings. The minimum absolute atomic E-state index is 0.0208. The zero-order chi connectivity index (χ0) is 22.4. The van der Waals surface area contributed by atoms with Crippen LogP contribution in [0.2, 0.25) is 0 Å². The van der Waals surface area contributed by atoms with Crippen LogP contribution in [0.4, 0.5) is 5.69 Å². The predicted octanol–water partition coefficient (Wildman–Crippen LogP) is 4.55. The molecule has 2 atom stereocenters. The summed E-state index contributed by atoms with van der Waals surface area (Å²) in [7, 11) is 0. The monoisotopic (exact) mass is 514 g/mol. The number of carboxylic acids is 2. The number of carbonyl (C=O) groups is 2. The number of benzene rings is 2. The number of hydrogen-bond acceptors (Lipinski definition) is 4. The molecule has 0 unspecified atom stereocenters. The van der Waals surface area contributed by atoms with Gasteiger partial charge in [0.15, 0.2) is 0 Å². The highest BCUT2D eigenvalue weighted by Gasteiger charge is 2.20. The second-order valence-electron chi connectivity index (χ2n) is 6.97. The van der Waals surface area contributed by atoms with Crippen molar-refractivity contribution >= 4 is 40.2 Å². The average molecular weight is 514 g/mol. The lowest BCUT2D eigenvalue weighted by Gasteiger charge is -2.18. The first-order chi connectivity index (χ1) is 13.6. The Morgan fingerprint density at radius 3 is 1.52 bits per heavy atom. The number of rotatable bonds is 6. The number of aliphatic carboxylic acids is 2. The zero-order valence-electron chi connectivity index (χ0n) is 17.2. The molecule has 0 radical (unpaired) electrons. The molecule has 0 aliphatic heterocycles. The normalized spacial score (nSPS) is 12.0. The molecule has 0 aliphatic carbocycles. The van der Waals surface area contributed by atoms with Gasteiger partial charge >= 0.3 is 11.9 Å². The van der Waals surface area contributed by atoms with Crippen molar-refractivity contribution < 1.29 is 19.8 Å². The first kappa shape index (κ1) is 26.9. The third-order valence-electron chi connectivity index (χ3n) is 3.77. The third kappa shape index (κ3) is 12.8. The second-order valence-corrected chi connectivity index (χ2v) is 8.22. The van der Waals surface area contributed by atoms with Crippen LogP contribution < -0.4 is 11.1 Å². The van der Waals surface area contributed by atoms with E-state index < -0.39 is 24.0 Å². The van der Waals surface area contributed by atoms with Gasteiger partial charge in [-0.2, -0.15) is 0 Å². The standard InChI is InChI=1S/C11H15NO2.C6H5I.C5H11NO2/c1-8(2)10(11(13)14)12-9-6-4-3-5-7-9;7-6-4-2-1-3-5-6;1-3(2)4(6)5(7)8/h3-8,10,12H,1-2H3,(H,13,14);1-5H;3-4H,6H2,1-2H3,(H,7,8)/t10-;;4-/m0.0/s1. The van der Waals surface area contributed by atoms with Gasteiger partial charge in [0.1, 0.15) is 12.1 Å². The molecule has 0 bridgehead atoms. The molecule has 0 aliphatic rings. The second kappa shape index (κ2) is 14.8. The lowest BCUT2D eigenvalue weighted by Crippen LogP contribution is -2.34. The summed E-state index contributed by atoms with van der Waals surface area (Å²) >= 11 is 2.28. The van der Waals surface area contributed by atoms with E-state index >= 15 is 0 Å². The molecule has 0 spiro atoms. The molecule has 6 nitrogen and oxygen atoms in total. The van der Waals surface area contributed by atoms with E-state index in [4.69, 9.17) is 15.9 Å². The molecular formula is C22H31IN2O4. The maximum atomic E-state index is 10.9. The summed E-state index contributed by atoms with van der Waals surface area (Å²) in [5, 5.41) is 20.1. The molecule has 5 N–H and O–H groups in total. The fraction of sp³-hybridized carbons (Fsp3) is 0.364. The molecule has 0 amide bonds. The number of nitrogens with one attached hydrogen (secondary N) is 1. The summed E-state index contributed by atoms with van der Waals surface area (Å²) in [6.45, 7) is 7.32. The Morgan fingerprint density at radius 2 is 1.28 bits per heavy atom. The SMILES string of the molecule is CC(C)[C@H](N)C(=O)O.CC(C)[C@H](Nc1ccccc1)C(=O)O.Ic1ccccc1. The van der Waals surface area contributed by atoms with Crippen LogP contribution in [-0.2, 0) is 9.59 Å². The average Bonchev–Trinajstić information content (AvgIpc) is 2.67. The fourth-order valence-electron chi connectivity index (χ4n) is 1.93. The van der Waals surface area contributed by atoms with Crippen molar-refractivity contribution in [3.8, 4) is 0 Å². The van der Waals surface area contributed by atoms with Crippen LogP contribution in [0.25, 0.3) is 0 Å². The van der Waals surface area contributed by atoms with Crippen LogP contribution in [-0.4, -0.2) is 34.2 Å². The van der Waals surface area contributed by atoms with Crippen molar-refractivity contribution in [2.24, 2.45) is 17.6 Å². The minimum Gasteiger partial charge on any atom is -0.480 e. The van der Waals surface area contributed by atoms with Crippen LogP contribution in [0.5, 0.6) is 0 Å². The predicted molar refractivity (Wildman–Crippen MR) is 126 cm³/mol. The van der Waals surface area contributed by atoms with Gasteiger partial charge in [-0.05, 0) is 58.7 Å². The first-order valence-corrected chi connectivity index (χ1v) is 10.4. The summed E-state index contributed by atoms with van der Waals surface area (Å²) in [6.07, 6.45) is 0. The molecule has 29 heavy (non-hydrogen) atoms. The van der Waals surface area contributed by atoms with Crippen molar-refractivity contribution in [2.75, 3.05) is 5.32 Å². The first-order valence-electron chi connectivity index (χ1n) is 9.29. The maximum absolute atomic E-state index is 10.9. The summed E-state index contributed by atoms with van der Waals surface area (Å²) in [5.41, 5.74) is 6.00. The maximum Gasteiger partial charge on any atom is 0.326 e. The van der Waals surface area contributed by atoms with Crippen molar-refractivity contribution in [2.45, 2.75) is 39.8 Å². The Kier molecular flexibility index (Phi) is 13.7. The smallest absolute Gasteiger partial charge is 0.326 e. The van der Waals surface area contributed by atoms with Crippen molar-refractivity contribution in [3.63, 3.8) is 0 Å². The third-order valence-corrected chi connectivity index (χ3v) is 4.48. The zero-order valence-corrected chi connectivity index (χ0v) is 19.4. The van der Waals surface area contributed by atoms with E-state index in [-0.39, 0.29) is 11.8 Å². The van der Waals surface area contributed by atoms with Gasteiger partial charge in [0.2, 0.25) is 0 Å². The fourth-order valence-corrected chi connectivity index (χ4v) is 2.34. The Bertz CT molecular complexity index is 709. The molecule has 0 saturated carbocycles. The lowest BCUT2D eigenvalue weighted by atomic mass is 10.0. The van der Waals surface area contributed by atoms with Crippen LogP contribution in [0, 0.1) is 15.4 Å². The van der Waals surface area contributed by atoms with Gasteiger partial charge < -0.3 is 21.3 Å².